The van der Waals surface area contributed by atoms with Gasteiger partial charge in [-0.3, -0.25) is 0 Å². The third-order valence-corrected chi connectivity index (χ3v) is 3.30. The molecule has 0 spiro atoms. The number of rotatable bonds is 3. The summed E-state index contributed by atoms with van der Waals surface area (Å²) in [5.41, 5.74) is -0.340. The maximum atomic E-state index is 13.2. The zero-order chi connectivity index (χ0) is 15.6. The number of alkyl halides is 3. The second kappa shape index (κ2) is 6.01. The van der Waals surface area contributed by atoms with Crippen LogP contribution in [-0.2, 0) is 6.18 Å². The average molecular weight is 363 g/mol. The van der Waals surface area contributed by atoms with Crippen molar-refractivity contribution in [3.8, 4) is 0 Å². The van der Waals surface area contributed by atoms with Crippen molar-refractivity contribution < 1.29 is 17.6 Å². The Balaban J connectivity index is 2.31. The fraction of sp³-hybridized carbons (Fsp3) is 0.214. The van der Waals surface area contributed by atoms with E-state index in [4.69, 9.17) is 0 Å². The van der Waals surface area contributed by atoms with Gasteiger partial charge in [0.1, 0.15) is 11.6 Å². The van der Waals surface area contributed by atoms with Gasteiger partial charge in [0.15, 0.2) is 0 Å². The molecular weight excluding hydrogens is 352 g/mol. The van der Waals surface area contributed by atoms with Gasteiger partial charge in [-0.15, -0.1) is 0 Å². The Morgan fingerprint density at radius 3 is 2.57 bits per heavy atom. The quantitative estimate of drug-likeness (QED) is 0.761. The van der Waals surface area contributed by atoms with Crippen LogP contribution < -0.4 is 5.32 Å². The van der Waals surface area contributed by atoms with E-state index in [2.05, 4.69) is 26.2 Å². The van der Waals surface area contributed by atoms with Gasteiger partial charge in [-0.05, 0) is 46.6 Å². The first-order valence-electron chi connectivity index (χ1n) is 6.02. The van der Waals surface area contributed by atoms with Gasteiger partial charge in [0.05, 0.1) is 11.6 Å². The molecule has 1 atom stereocenters. The molecule has 0 aliphatic rings. The van der Waals surface area contributed by atoms with Crippen LogP contribution in [0.1, 0.15) is 24.1 Å². The standard InChI is InChI=1S/C14H11BrF4N2/c1-8(9-3-2-4-11(16)5-9)21-13-12(14(17,18)19)6-10(15)7-20-13/h2-8H,1H3,(H,20,21). The minimum atomic E-state index is -4.53. The summed E-state index contributed by atoms with van der Waals surface area (Å²) in [6, 6.07) is 6.11. The van der Waals surface area contributed by atoms with Crippen LogP contribution in [0.3, 0.4) is 0 Å². The zero-order valence-corrected chi connectivity index (χ0v) is 12.5. The average Bonchev–Trinajstić information content (AvgIpc) is 2.39. The summed E-state index contributed by atoms with van der Waals surface area (Å²) in [5, 5.41) is 2.67. The van der Waals surface area contributed by atoms with Gasteiger partial charge < -0.3 is 5.32 Å². The van der Waals surface area contributed by atoms with Crippen LogP contribution in [0, 0.1) is 5.82 Å². The molecule has 7 heteroatoms. The maximum Gasteiger partial charge on any atom is 0.419 e. The maximum absolute atomic E-state index is 13.2. The van der Waals surface area contributed by atoms with Gasteiger partial charge in [0.2, 0.25) is 0 Å². The van der Waals surface area contributed by atoms with Crippen LogP contribution >= 0.6 is 15.9 Å². The topological polar surface area (TPSA) is 24.9 Å². The first kappa shape index (κ1) is 15.8. The lowest BCUT2D eigenvalue weighted by Gasteiger charge is -2.19. The second-order valence-corrected chi connectivity index (χ2v) is 5.38. The number of nitrogens with zero attached hydrogens (tertiary/aromatic N) is 1. The third kappa shape index (κ3) is 3.93. The Morgan fingerprint density at radius 2 is 1.95 bits per heavy atom. The van der Waals surface area contributed by atoms with Crippen molar-refractivity contribution in [2.75, 3.05) is 5.32 Å². The number of halogens is 5. The minimum Gasteiger partial charge on any atom is -0.363 e. The van der Waals surface area contributed by atoms with Gasteiger partial charge in [-0.2, -0.15) is 13.2 Å². The van der Waals surface area contributed by atoms with Gasteiger partial charge >= 0.3 is 6.18 Å². The fourth-order valence-electron chi connectivity index (χ4n) is 1.83. The summed E-state index contributed by atoms with van der Waals surface area (Å²) < 4.78 is 52.3. The highest BCUT2D eigenvalue weighted by atomic mass is 79.9. The number of pyridine rings is 1. The van der Waals surface area contributed by atoms with E-state index >= 15 is 0 Å². The summed E-state index contributed by atoms with van der Waals surface area (Å²) in [6.07, 6.45) is -3.25. The monoisotopic (exact) mass is 362 g/mol. The van der Waals surface area contributed by atoms with E-state index in [-0.39, 0.29) is 10.3 Å². The van der Waals surface area contributed by atoms with Crippen molar-refractivity contribution in [2.24, 2.45) is 0 Å². The fourth-order valence-corrected chi connectivity index (χ4v) is 2.17. The van der Waals surface area contributed by atoms with Crippen LogP contribution in [0.25, 0.3) is 0 Å². The van der Waals surface area contributed by atoms with Gasteiger partial charge in [-0.25, -0.2) is 9.37 Å². The molecule has 1 aromatic heterocycles. The molecule has 0 saturated heterocycles. The Hall–Kier alpha value is -1.63. The second-order valence-electron chi connectivity index (χ2n) is 4.47. The molecule has 1 unspecified atom stereocenters. The molecule has 1 aromatic carbocycles. The molecule has 2 rings (SSSR count). The molecule has 0 amide bonds. The Bertz CT molecular complexity index is 643. The lowest BCUT2D eigenvalue weighted by atomic mass is 10.1. The van der Waals surface area contributed by atoms with Crippen molar-refractivity contribution in [2.45, 2.75) is 19.1 Å². The Kier molecular flexibility index (Phi) is 4.51. The highest BCUT2D eigenvalue weighted by Gasteiger charge is 2.35. The molecular formula is C14H11BrF4N2. The van der Waals surface area contributed by atoms with Crippen molar-refractivity contribution in [3.63, 3.8) is 0 Å². The third-order valence-electron chi connectivity index (χ3n) is 2.86. The van der Waals surface area contributed by atoms with Crippen molar-refractivity contribution in [1.29, 1.82) is 0 Å². The molecule has 0 fully saturated rings. The smallest absolute Gasteiger partial charge is 0.363 e. The molecule has 112 valence electrons. The number of anilines is 1. The SMILES string of the molecule is CC(Nc1ncc(Br)cc1C(F)(F)F)c1cccc(F)c1. The highest BCUT2D eigenvalue weighted by molar-refractivity contribution is 9.10. The lowest BCUT2D eigenvalue weighted by molar-refractivity contribution is -0.137. The molecule has 0 radical (unpaired) electrons. The first-order valence-corrected chi connectivity index (χ1v) is 6.81. The largest absolute Gasteiger partial charge is 0.419 e. The number of hydrogen-bond acceptors (Lipinski definition) is 2. The van der Waals surface area contributed by atoms with E-state index in [0.29, 0.717) is 5.56 Å². The van der Waals surface area contributed by atoms with Crippen LogP contribution in [0.2, 0.25) is 0 Å². The van der Waals surface area contributed by atoms with Crippen LogP contribution in [-0.4, -0.2) is 4.98 Å². The van der Waals surface area contributed by atoms with Crippen molar-refractivity contribution >= 4 is 21.7 Å². The molecule has 1 heterocycles. The number of aromatic nitrogens is 1. The van der Waals surface area contributed by atoms with Crippen molar-refractivity contribution in [1.82, 2.24) is 4.98 Å². The number of benzene rings is 1. The van der Waals surface area contributed by atoms with Gasteiger partial charge in [0.25, 0.3) is 0 Å². The van der Waals surface area contributed by atoms with Gasteiger partial charge in [-0.1, -0.05) is 12.1 Å². The predicted octanol–water partition coefficient (Wildman–Crippen LogP) is 5.18. The van der Waals surface area contributed by atoms with Gasteiger partial charge in [0, 0.05) is 10.7 Å². The highest BCUT2D eigenvalue weighted by Crippen LogP contribution is 2.36. The summed E-state index contributed by atoms with van der Waals surface area (Å²) >= 11 is 2.97. The molecule has 21 heavy (non-hydrogen) atoms. The van der Waals surface area contributed by atoms with E-state index in [1.54, 1.807) is 13.0 Å². The minimum absolute atomic E-state index is 0.235. The predicted molar refractivity (Wildman–Crippen MR) is 75.4 cm³/mol. The Labute approximate surface area is 127 Å². The van der Waals surface area contributed by atoms with E-state index in [1.165, 1.54) is 24.4 Å². The molecule has 2 aromatic rings. The van der Waals surface area contributed by atoms with E-state index in [9.17, 15) is 17.6 Å². The van der Waals surface area contributed by atoms with E-state index < -0.39 is 23.6 Å². The number of hydrogen-bond donors (Lipinski definition) is 1. The summed E-state index contributed by atoms with van der Waals surface area (Å²) in [7, 11) is 0. The molecule has 1 N–H and O–H groups in total. The Morgan fingerprint density at radius 1 is 1.24 bits per heavy atom. The van der Waals surface area contributed by atoms with E-state index in [1.807, 2.05) is 0 Å². The molecule has 2 nitrogen and oxygen atoms in total. The van der Waals surface area contributed by atoms with Crippen LogP contribution in [0.5, 0.6) is 0 Å². The summed E-state index contributed by atoms with van der Waals surface area (Å²) in [6.45, 7) is 1.64. The van der Waals surface area contributed by atoms with Crippen molar-refractivity contribution in [3.05, 3.63) is 57.9 Å². The van der Waals surface area contributed by atoms with Crippen LogP contribution in [0.4, 0.5) is 23.4 Å². The van der Waals surface area contributed by atoms with E-state index in [0.717, 1.165) is 6.07 Å². The first-order chi connectivity index (χ1) is 9.77. The molecule has 0 bridgehead atoms. The molecule has 0 aliphatic carbocycles. The summed E-state index contributed by atoms with van der Waals surface area (Å²) in [5.74, 6) is -0.733. The summed E-state index contributed by atoms with van der Waals surface area (Å²) in [4.78, 5) is 3.76. The lowest BCUT2D eigenvalue weighted by Crippen LogP contribution is -2.15. The molecule has 0 aliphatic heterocycles. The number of nitrogens with one attached hydrogen (secondary N) is 1. The van der Waals surface area contributed by atoms with Crippen LogP contribution in [0.15, 0.2) is 41.0 Å². The molecule has 0 saturated carbocycles. The zero-order valence-electron chi connectivity index (χ0n) is 10.9. The normalized spacial score (nSPS) is 13.0.